The van der Waals surface area contributed by atoms with Gasteiger partial charge in [-0.2, -0.15) is 5.10 Å². The summed E-state index contributed by atoms with van der Waals surface area (Å²) in [6.07, 6.45) is 3.60. The average molecular weight is 637 g/mol. The highest BCUT2D eigenvalue weighted by Crippen LogP contribution is 2.31. The molecular formula is C35H34F2N8O2. The molecule has 2 amide bonds. The van der Waals surface area contributed by atoms with Crippen molar-refractivity contribution in [3.63, 3.8) is 0 Å². The number of fused-ring (bicyclic) bond motifs is 1. The molecule has 0 radical (unpaired) electrons. The number of nitrogens with one attached hydrogen (secondary N) is 2. The number of aryl methyl sites for hydroxylation is 1. The molecule has 7 rings (SSSR count). The molecule has 2 N–H and O–H groups in total. The maximum absolute atomic E-state index is 15.9. The first kappa shape index (κ1) is 30.4. The van der Waals surface area contributed by atoms with E-state index in [-0.39, 0.29) is 31.2 Å². The van der Waals surface area contributed by atoms with Crippen LogP contribution in [0.1, 0.15) is 12.0 Å². The molecule has 3 aromatic carbocycles. The first-order valence-electron chi connectivity index (χ1n) is 15.6. The monoisotopic (exact) mass is 636 g/mol. The van der Waals surface area contributed by atoms with Crippen molar-refractivity contribution in [1.82, 2.24) is 30.0 Å². The molecule has 0 spiro atoms. The van der Waals surface area contributed by atoms with E-state index in [2.05, 4.69) is 30.4 Å². The van der Waals surface area contributed by atoms with Gasteiger partial charge in [-0.3, -0.25) is 19.6 Å². The molecule has 2 aliphatic rings. The van der Waals surface area contributed by atoms with Gasteiger partial charge in [0.1, 0.15) is 5.82 Å². The maximum atomic E-state index is 15.9. The van der Waals surface area contributed by atoms with Gasteiger partial charge in [0.15, 0.2) is 5.82 Å². The molecule has 2 aromatic heterocycles. The quantitative estimate of drug-likeness (QED) is 0.263. The summed E-state index contributed by atoms with van der Waals surface area (Å²) in [4.78, 5) is 40.8. The summed E-state index contributed by atoms with van der Waals surface area (Å²) in [7, 11) is 0. The molecule has 10 nitrogen and oxygen atoms in total. The number of carbonyl (C=O) groups excluding carboxylic acids is 2. The SMILES string of the molecule is Cc1cnc(-c2ccc(N3CCN(C(=O)CN4CCC(F)(C(=O)Nc5ccc6[nH]nc(-c7ccc(F)cc7)c6c5)C4)CC3)cc2)nc1. The van der Waals surface area contributed by atoms with Gasteiger partial charge in [0.2, 0.25) is 11.6 Å². The molecule has 240 valence electrons. The fraction of sp³-hybridized carbons (Fsp3) is 0.286. The van der Waals surface area contributed by atoms with Gasteiger partial charge in [-0.25, -0.2) is 18.7 Å². The van der Waals surface area contributed by atoms with Gasteiger partial charge in [-0.15, -0.1) is 0 Å². The molecule has 0 aliphatic carbocycles. The molecule has 1 atom stereocenters. The van der Waals surface area contributed by atoms with Crippen LogP contribution in [0.3, 0.4) is 0 Å². The Hall–Kier alpha value is -5.23. The lowest BCUT2D eigenvalue weighted by molar-refractivity contribution is -0.133. The van der Waals surface area contributed by atoms with Crippen LogP contribution in [0.4, 0.5) is 20.2 Å². The molecule has 0 bridgehead atoms. The predicted molar refractivity (Wildman–Crippen MR) is 176 cm³/mol. The van der Waals surface area contributed by atoms with Gasteiger partial charge in [0, 0.05) is 86.0 Å². The van der Waals surface area contributed by atoms with Crippen LogP contribution in [0.25, 0.3) is 33.5 Å². The number of aromatic nitrogens is 4. The van der Waals surface area contributed by atoms with Gasteiger partial charge in [0.25, 0.3) is 5.91 Å². The van der Waals surface area contributed by atoms with Crippen molar-refractivity contribution in [1.29, 1.82) is 0 Å². The van der Waals surface area contributed by atoms with Crippen LogP contribution in [-0.4, -0.2) is 93.3 Å². The standard InChI is InChI=1S/C35H34F2N8O2/c1-23-19-38-33(39-20-23)25-4-9-28(10-5-25)44-14-16-45(17-15-44)31(46)21-43-13-12-35(37,22-43)34(47)40-27-8-11-30-29(18-27)32(42-41-30)24-2-6-26(36)7-3-24/h2-11,18-20H,12-17,21-22H2,1H3,(H,40,47)(H,41,42). The van der Waals surface area contributed by atoms with E-state index in [1.54, 1.807) is 47.6 Å². The lowest BCUT2D eigenvalue weighted by Gasteiger charge is -2.36. The third-order valence-corrected chi connectivity index (χ3v) is 8.91. The Morgan fingerprint density at radius 3 is 2.34 bits per heavy atom. The number of amides is 2. The summed E-state index contributed by atoms with van der Waals surface area (Å²) in [6, 6.07) is 19.2. The Morgan fingerprint density at radius 2 is 1.62 bits per heavy atom. The summed E-state index contributed by atoms with van der Waals surface area (Å²) in [5.74, 6) is -0.480. The number of aromatic amines is 1. The molecule has 47 heavy (non-hydrogen) atoms. The van der Waals surface area contributed by atoms with Crippen molar-refractivity contribution in [3.05, 3.63) is 90.5 Å². The Labute approximate surface area is 270 Å². The van der Waals surface area contributed by atoms with Crippen molar-refractivity contribution < 1.29 is 18.4 Å². The normalized spacial score (nSPS) is 18.5. The second kappa shape index (κ2) is 12.5. The number of alkyl halides is 1. The van der Waals surface area contributed by atoms with Crippen molar-refractivity contribution in [3.8, 4) is 22.6 Å². The number of benzene rings is 3. The highest BCUT2D eigenvalue weighted by molar-refractivity contribution is 6.01. The van der Waals surface area contributed by atoms with Crippen molar-refractivity contribution >= 4 is 34.1 Å². The Kier molecular flexibility index (Phi) is 8.10. The minimum absolute atomic E-state index is 0.00169. The minimum Gasteiger partial charge on any atom is -0.368 e. The highest BCUT2D eigenvalue weighted by atomic mass is 19.1. The smallest absolute Gasteiger partial charge is 0.263 e. The number of piperazine rings is 1. The third-order valence-electron chi connectivity index (χ3n) is 8.91. The average Bonchev–Trinajstić information content (AvgIpc) is 3.69. The van der Waals surface area contributed by atoms with E-state index in [9.17, 15) is 14.0 Å². The molecule has 2 aliphatic heterocycles. The number of likely N-dealkylation sites (tertiary alicyclic amines) is 1. The Bertz CT molecular complexity index is 1910. The summed E-state index contributed by atoms with van der Waals surface area (Å²) in [6.45, 7) is 4.66. The van der Waals surface area contributed by atoms with E-state index in [1.807, 2.05) is 36.1 Å². The number of H-pyrrole nitrogens is 1. The van der Waals surface area contributed by atoms with Crippen LogP contribution in [-0.2, 0) is 9.59 Å². The van der Waals surface area contributed by atoms with Crippen LogP contribution in [0, 0.1) is 12.7 Å². The van der Waals surface area contributed by atoms with E-state index in [0.29, 0.717) is 55.5 Å². The summed E-state index contributed by atoms with van der Waals surface area (Å²) >= 11 is 0. The van der Waals surface area contributed by atoms with Gasteiger partial charge in [0.05, 0.1) is 17.8 Å². The molecule has 2 fully saturated rings. The van der Waals surface area contributed by atoms with E-state index in [0.717, 1.165) is 27.7 Å². The molecule has 2 saturated heterocycles. The number of halogens is 2. The van der Waals surface area contributed by atoms with E-state index < -0.39 is 11.6 Å². The molecule has 5 aromatic rings. The molecule has 12 heteroatoms. The van der Waals surface area contributed by atoms with Crippen LogP contribution in [0.2, 0.25) is 0 Å². The zero-order valence-electron chi connectivity index (χ0n) is 25.9. The molecule has 0 saturated carbocycles. The third kappa shape index (κ3) is 6.41. The first-order valence-corrected chi connectivity index (χ1v) is 15.6. The van der Waals surface area contributed by atoms with Crippen LogP contribution >= 0.6 is 0 Å². The number of hydrogen-bond acceptors (Lipinski definition) is 7. The zero-order chi connectivity index (χ0) is 32.5. The van der Waals surface area contributed by atoms with E-state index >= 15 is 4.39 Å². The predicted octanol–water partition coefficient (Wildman–Crippen LogP) is 4.84. The zero-order valence-corrected chi connectivity index (χ0v) is 25.9. The van der Waals surface area contributed by atoms with Gasteiger partial charge in [-0.05, 0) is 79.2 Å². The summed E-state index contributed by atoms with van der Waals surface area (Å²) in [5.41, 5.74) is 3.37. The number of nitrogens with zero attached hydrogens (tertiary/aromatic N) is 6. The second-order valence-electron chi connectivity index (χ2n) is 12.2. The number of hydrogen-bond donors (Lipinski definition) is 2. The summed E-state index contributed by atoms with van der Waals surface area (Å²) in [5, 5.41) is 10.7. The highest BCUT2D eigenvalue weighted by Gasteiger charge is 2.45. The largest absolute Gasteiger partial charge is 0.368 e. The fourth-order valence-corrected chi connectivity index (χ4v) is 6.20. The van der Waals surface area contributed by atoms with Crippen LogP contribution in [0.15, 0.2) is 79.1 Å². The van der Waals surface area contributed by atoms with Gasteiger partial charge >= 0.3 is 0 Å². The van der Waals surface area contributed by atoms with Crippen LogP contribution < -0.4 is 10.2 Å². The molecule has 4 heterocycles. The molecule has 1 unspecified atom stereocenters. The maximum Gasteiger partial charge on any atom is 0.263 e. The van der Waals surface area contributed by atoms with Gasteiger partial charge in [-0.1, -0.05) is 0 Å². The Morgan fingerprint density at radius 1 is 0.915 bits per heavy atom. The lowest BCUT2D eigenvalue weighted by Crippen LogP contribution is -2.51. The van der Waals surface area contributed by atoms with Crippen LogP contribution in [0.5, 0.6) is 0 Å². The Balaban J connectivity index is 0.917. The fourth-order valence-electron chi connectivity index (χ4n) is 6.20. The van der Waals surface area contributed by atoms with E-state index in [4.69, 9.17) is 0 Å². The lowest BCUT2D eigenvalue weighted by atomic mass is 10.0. The van der Waals surface area contributed by atoms with Crippen molar-refractivity contribution in [2.45, 2.75) is 19.0 Å². The van der Waals surface area contributed by atoms with E-state index in [1.165, 1.54) is 12.1 Å². The minimum atomic E-state index is -2.13. The van der Waals surface area contributed by atoms with Gasteiger partial charge < -0.3 is 15.1 Å². The topological polar surface area (TPSA) is 110 Å². The molecular weight excluding hydrogens is 602 g/mol. The second-order valence-corrected chi connectivity index (χ2v) is 12.2. The number of anilines is 2. The first-order chi connectivity index (χ1) is 22.7. The number of carbonyl (C=O) groups is 2. The summed E-state index contributed by atoms with van der Waals surface area (Å²) < 4.78 is 29.3. The number of rotatable bonds is 7. The van der Waals surface area contributed by atoms with Crippen molar-refractivity contribution in [2.24, 2.45) is 0 Å². The van der Waals surface area contributed by atoms with Crippen molar-refractivity contribution in [2.75, 3.05) is 56.0 Å².